The van der Waals surface area contributed by atoms with Crippen molar-refractivity contribution in [1.82, 2.24) is 10.6 Å². The van der Waals surface area contributed by atoms with Crippen molar-refractivity contribution >= 4 is 21.9 Å². The summed E-state index contributed by atoms with van der Waals surface area (Å²) in [7, 11) is -4.20. The molecule has 0 aliphatic carbocycles. The molecule has 0 saturated carbocycles. The van der Waals surface area contributed by atoms with E-state index in [0.29, 0.717) is 0 Å². The Morgan fingerprint density at radius 2 is 1.32 bits per heavy atom. The Bertz CT molecular complexity index is 1350. The van der Waals surface area contributed by atoms with Crippen LogP contribution in [0.15, 0.2) is 89.8 Å². The van der Waals surface area contributed by atoms with Crippen LogP contribution in [-0.4, -0.2) is 67.6 Å². The number of carbonyl (C=O) groups is 2. The lowest BCUT2D eigenvalue weighted by Gasteiger charge is -2.43. The highest BCUT2D eigenvalue weighted by Gasteiger charge is 2.46. The molecule has 1 aliphatic rings. The number of carbonyl (C=O) groups excluding carboxylic acids is 2. The van der Waals surface area contributed by atoms with E-state index < -0.39 is 59.1 Å². The van der Waals surface area contributed by atoms with Gasteiger partial charge in [0.1, 0.15) is 18.2 Å². The Balaban J connectivity index is 1.54. The fourth-order valence-corrected chi connectivity index (χ4v) is 4.94. The van der Waals surface area contributed by atoms with Crippen LogP contribution in [0, 0.1) is 6.92 Å². The Morgan fingerprint density at radius 1 is 0.816 bits per heavy atom. The third-order valence-corrected chi connectivity index (χ3v) is 7.42. The van der Waals surface area contributed by atoms with Crippen LogP contribution < -0.4 is 10.6 Å². The van der Waals surface area contributed by atoms with E-state index in [-0.39, 0.29) is 16.0 Å². The van der Waals surface area contributed by atoms with Crippen LogP contribution in [0.4, 0.5) is 0 Å². The van der Waals surface area contributed by atoms with Crippen molar-refractivity contribution in [3.63, 3.8) is 0 Å². The minimum atomic E-state index is -4.20. The van der Waals surface area contributed by atoms with Gasteiger partial charge >= 0.3 is 0 Å². The lowest BCUT2D eigenvalue weighted by atomic mass is 9.93. The van der Waals surface area contributed by atoms with E-state index in [2.05, 4.69) is 10.6 Å². The van der Waals surface area contributed by atoms with Crippen molar-refractivity contribution in [2.45, 2.75) is 42.4 Å². The molecule has 4 rings (SSSR count). The van der Waals surface area contributed by atoms with Crippen LogP contribution in [0.25, 0.3) is 0 Å². The average molecular weight is 541 g/mol. The summed E-state index contributed by atoms with van der Waals surface area (Å²) in [6.45, 7) is 1.16. The highest BCUT2D eigenvalue weighted by molar-refractivity contribution is 7.86. The number of aliphatic hydroxyl groups excluding tert-OH is 2. The van der Waals surface area contributed by atoms with Gasteiger partial charge in [0.2, 0.25) is 0 Å². The summed E-state index contributed by atoms with van der Waals surface area (Å²) in [5.74, 6) is -1.14. The second kappa shape index (κ2) is 11.8. The van der Waals surface area contributed by atoms with Gasteiger partial charge in [-0.05, 0) is 43.3 Å². The zero-order valence-corrected chi connectivity index (χ0v) is 21.2. The van der Waals surface area contributed by atoms with E-state index in [0.717, 1.165) is 5.56 Å². The number of hydrogen-bond donors (Lipinski definition) is 4. The molecule has 0 radical (unpaired) electrons. The van der Waals surface area contributed by atoms with Gasteiger partial charge in [0.15, 0.2) is 6.29 Å². The monoisotopic (exact) mass is 540 g/mol. The van der Waals surface area contributed by atoms with E-state index in [1.165, 1.54) is 12.1 Å². The normalized spacial score (nSPS) is 23.4. The van der Waals surface area contributed by atoms with Gasteiger partial charge in [-0.25, -0.2) is 0 Å². The van der Waals surface area contributed by atoms with Gasteiger partial charge in [-0.2, -0.15) is 8.42 Å². The van der Waals surface area contributed by atoms with Crippen molar-refractivity contribution in [2.24, 2.45) is 0 Å². The molecule has 1 fully saturated rings. The fourth-order valence-electron chi connectivity index (χ4n) is 4.02. The highest BCUT2D eigenvalue weighted by atomic mass is 32.2. The Kier molecular flexibility index (Phi) is 8.55. The number of benzene rings is 3. The molecule has 0 bridgehead atoms. The molecule has 4 N–H and O–H groups in total. The zero-order chi connectivity index (χ0) is 27.3. The summed E-state index contributed by atoms with van der Waals surface area (Å²) in [6.07, 6.45) is -4.61. The zero-order valence-electron chi connectivity index (χ0n) is 20.4. The molecule has 1 heterocycles. The first-order chi connectivity index (χ1) is 18.2. The Labute approximate surface area is 220 Å². The topological polar surface area (TPSA) is 151 Å². The molecular formula is C27H28N2O8S. The average Bonchev–Trinajstić information content (AvgIpc) is 2.92. The van der Waals surface area contributed by atoms with E-state index in [9.17, 15) is 28.2 Å². The minimum Gasteiger partial charge on any atom is -0.388 e. The molecule has 1 aliphatic heterocycles. The maximum Gasteiger partial charge on any atom is 0.297 e. The lowest BCUT2D eigenvalue weighted by molar-refractivity contribution is -0.226. The summed E-state index contributed by atoms with van der Waals surface area (Å²) in [4.78, 5) is 25.6. The second-order valence-electron chi connectivity index (χ2n) is 8.84. The van der Waals surface area contributed by atoms with Gasteiger partial charge in [-0.1, -0.05) is 54.1 Å². The number of nitrogens with one attached hydrogen (secondary N) is 2. The summed E-state index contributed by atoms with van der Waals surface area (Å²) >= 11 is 0. The van der Waals surface area contributed by atoms with Crippen LogP contribution in [0.5, 0.6) is 0 Å². The number of rotatable bonds is 8. The molecule has 0 aromatic heterocycles. The van der Waals surface area contributed by atoms with Crippen LogP contribution >= 0.6 is 0 Å². The Morgan fingerprint density at radius 3 is 1.84 bits per heavy atom. The molecular weight excluding hydrogens is 512 g/mol. The first-order valence-electron chi connectivity index (χ1n) is 11.9. The Hall–Kier alpha value is -3.61. The van der Waals surface area contributed by atoms with Gasteiger partial charge in [0.25, 0.3) is 21.9 Å². The fraction of sp³-hybridized carbons (Fsp3) is 0.259. The van der Waals surface area contributed by atoms with E-state index in [1.54, 1.807) is 72.8 Å². The molecule has 10 nitrogen and oxygen atoms in total. The van der Waals surface area contributed by atoms with Gasteiger partial charge in [0.05, 0.1) is 17.5 Å². The summed E-state index contributed by atoms with van der Waals surface area (Å²) in [6, 6.07) is 19.8. The SMILES string of the molecule is Cc1ccc(S(=O)(=O)OCC2OC(O)C(NC(=O)c3ccccc3)C(NC(=O)c3ccccc3)C2O)cc1. The number of hydrogen-bond acceptors (Lipinski definition) is 8. The standard InChI is InChI=1S/C27H28N2O8S/c1-17-12-14-20(15-13-17)38(34,35)36-16-21-24(30)22(28-25(31)18-8-4-2-5-9-18)23(27(33)37-21)29-26(32)19-10-6-3-7-11-19/h2-15,21-24,27,30,33H,16H2,1H3,(H,28,31)(H,29,32). The van der Waals surface area contributed by atoms with Crippen LogP contribution in [0.3, 0.4) is 0 Å². The number of aliphatic hydroxyl groups is 2. The van der Waals surface area contributed by atoms with Crippen molar-refractivity contribution in [3.05, 3.63) is 102 Å². The van der Waals surface area contributed by atoms with Crippen molar-refractivity contribution in [3.8, 4) is 0 Å². The molecule has 1 saturated heterocycles. The van der Waals surface area contributed by atoms with E-state index in [4.69, 9.17) is 8.92 Å². The number of amides is 2. The predicted octanol–water partition coefficient (Wildman–Crippen LogP) is 1.38. The smallest absolute Gasteiger partial charge is 0.297 e. The molecule has 11 heteroatoms. The van der Waals surface area contributed by atoms with Crippen molar-refractivity contribution < 1.29 is 37.1 Å². The molecule has 5 atom stereocenters. The van der Waals surface area contributed by atoms with Crippen molar-refractivity contribution in [2.75, 3.05) is 6.61 Å². The number of aryl methyl sites for hydroxylation is 1. The maximum atomic E-state index is 12.9. The number of ether oxygens (including phenoxy) is 1. The lowest BCUT2D eigenvalue weighted by Crippen LogP contribution is -2.69. The molecule has 3 aromatic carbocycles. The minimum absolute atomic E-state index is 0.0871. The quantitative estimate of drug-likeness (QED) is 0.313. The van der Waals surface area contributed by atoms with Gasteiger partial charge in [-0.3, -0.25) is 13.8 Å². The van der Waals surface area contributed by atoms with Crippen LogP contribution in [0.1, 0.15) is 26.3 Å². The highest BCUT2D eigenvalue weighted by Crippen LogP contribution is 2.23. The van der Waals surface area contributed by atoms with E-state index in [1.807, 2.05) is 6.92 Å². The van der Waals surface area contributed by atoms with Crippen molar-refractivity contribution in [1.29, 1.82) is 0 Å². The summed E-state index contributed by atoms with van der Waals surface area (Å²) < 4.78 is 35.9. The van der Waals surface area contributed by atoms with Gasteiger partial charge in [-0.15, -0.1) is 0 Å². The molecule has 5 unspecified atom stereocenters. The molecule has 0 spiro atoms. The van der Waals surface area contributed by atoms with Gasteiger partial charge < -0.3 is 25.6 Å². The second-order valence-corrected chi connectivity index (χ2v) is 10.5. The molecule has 200 valence electrons. The van der Waals surface area contributed by atoms with Crippen LogP contribution in [0.2, 0.25) is 0 Å². The molecule has 2 amide bonds. The largest absolute Gasteiger partial charge is 0.388 e. The van der Waals surface area contributed by atoms with E-state index >= 15 is 0 Å². The third-order valence-electron chi connectivity index (χ3n) is 6.12. The third kappa shape index (κ3) is 6.44. The molecule has 3 aromatic rings. The first kappa shape index (κ1) is 27.4. The van der Waals surface area contributed by atoms with Crippen LogP contribution in [-0.2, 0) is 19.0 Å². The maximum absolute atomic E-state index is 12.9. The van der Waals surface area contributed by atoms with Gasteiger partial charge in [0, 0.05) is 11.1 Å². The predicted molar refractivity (Wildman–Crippen MR) is 137 cm³/mol. The molecule has 38 heavy (non-hydrogen) atoms. The summed E-state index contributed by atoms with van der Waals surface area (Å²) in [5, 5.41) is 27.1. The summed E-state index contributed by atoms with van der Waals surface area (Å²) in [5.41, 5.74) is 1.43. The first-order valence-corrected chi connectivity index (χ1v) is 13.3.